The van der Waals surface area contributed by atoms with Gasteiger partial charge in [0, 0.05) is 23.5 Å². The highest BCUT2D eigenvalue weighted by molar-refractivity contribution is 6.14. The van der Waals surface area contributed by atoms with Crippen molar-refractivity contribution in [3.63, 3.8) is 0 Å². The van der Waals surface area contributed by atoms with E-state index in [1.807, 2.05) is 0 Å². The van der Waals surface area contributed by atoms with E-state index in [9.17, 15) is 0 Å². The highest BCUT2D eigenvalue weighted by Crippen LogP contribution is 2.21. The summed E-state index contributed by atoms with van der Waals surface area (Å²) >= 11 is 0. The van der Waals surface area contributed by atoms with Gasteiger partial charge in [-0.2, -0.15) is 0 Å². The summed E-state index contributed by atoms with van der Waals surface area (Å²) in [5, 5.41) is 0.146. The van der Waals surface area contributed by atoms with Crippen LogP contribution in [0.2, 0.25) is 0 Å². The lowest BCUT2D eigenvalue weighted by molar-refractivity contribution is -0.0696. The standard InChI is InChI=1S/C9H20O2Si/c1-2-6-10-8-9(12)5-3-4-7-11-9/h2-8H2,1,12H3. The van der Waals surface area contributed by atoms with Gasteiger partial charge in [-0.15, -0.1) is 0 Å². The first-order valence-electron chi connectivity index (χ1n) is 4.98. The minimum absolute atomic E-state index is 0.146. The summed E-state index contributed by atoms with van der Waals surface area (Å²) in [6.07, 6.45) is 4.87. The molecular weight excluding hydrogens is 168 g/mol. The Bertz CT molecular complexity index is 122. The van der Waals surface area contributed by atoms with Crippen LogP contribution in [0.4, 0.5) is 0 Å². The van der Waals surface area contributed by atoms with Gasteiger partial charge in [0.05, 0.1) is 11.8 Å². The minimum atomic E-state index is 0.146. The molecule has 1 fully saturated rings. The molecule has 1 atom stereocenters. The zero-order chi connectivity index (χ0) is 8.86. The van der Waals surface area contributed by atoms with Crippen LogP contribution in [0.25, 0.3) is 0 Å². The Kier molecular flexibility index (Phi) is 4.25. The summed E-state index contributed by atoms with van der Waals surface area (Å²) in [6.45, 7) is 4.79. The molecule has 0 radical (unpaired) electrons. The van der Waals surface area contributed by atoms with E-state index in [0.717, 1.165) is 36.5 Å². The van der Waals surface area contributed by atoms with Crippen molar-refractivity contribution in [3.8, 4) is 0 Å². The Morgan fingerprint density at radius 1 is 1.50 bits per heavy atom. The van der Waals surface area contributed by atoms with Gasteiger partial charge < -0.3 is 9.47 Å². The number of rotatable bonds is 4. The molecule has 1 aliphatic rings. The Morgan fingerprint density at radius 3 is 2.92 bits per heavy atom. The lowest BCUT2D eigenvalue weighted by atomic mass is 10.1. The van der Waals surface area contributed by atoms with Crippen molar-refractivity contribution >= 4 is 10.2 Å². The van der Waals surface area contributed by atoms with Crippen molar-refractivity contribution in [2.75, 3.05) is 19.8 Å². The SMILES string of the molecule is CCCOCC1([SiH3])CCCCO1. The molecule has 1 rings (SSSR count). The van der Waals surface area contributed by atoms with Crippen LogP contribution < -0.4 is 0 Å². The Hall–Kier alpha value is 0.137. The Balaban J connectivity index is 2.17. The molecule has 1 aliphatic heterocycles. The van der Waals surface area contributed by atoms with Gasteiger partial charge in [-0.1, -0.05) is 6.92 Å². The fourth-order valence-electron chi connectivity index (χ4n) is 1.54. The van der Waals surface area contributed by atoms with Crippen molar-refractivity contribution in [2.45, 2.75) is 37.8 Å². The van der Waals surface area contributed by atoms with Crippen LogP contribution in [-0.2, 0) is 9.47 Å². The number of hydrogen-bond donors (Lipinski definition) is 0. The summed E-state index contributed by atoms with van der Waals surface area (Å²) in [7, 11) is 1.10. The molecule has 1 saturated heterocycles. The van der Waals surface area contributed by atoms with Crippen molar-refractivity contribution in [1.29, 1.82) is 0 Å². The average Bonchev–Trinajstić information content (AvgIpc) is 2.06. The van der Waals surface area contributed by atoms with E-state index in [1.165, 1.54) is 19.3 Å². The van der Waals surface area contributed by atoms with Crippen LogP contribution in [0.1, 0.15) is 32.6 Å². The zero-order valence-electron chi connectivity index (χ0n) is 8.27. The first-order valence-corrected chi connectivity index (χ1v) is 5.98. The third-order valence-electron chi connectivity index (χ3n) is 2.31. The molecule has 72 valence electrons. The van der Waals surface area contributed by atoms with Crippen molar-refractivity contribution in [1.82, 2.24) is 0 Å². The van der Waals surface area contributed by atoms with Crippen LogP contribution in [0, 0.1) is 0 Å². The molecule has 12 heavy (non-hydrogen) atoms. The minimum Gasteiger partial charge on any atom is -0.379 e. The summed E-state index contributed by atoms with van der Waals surface area (Å²) in [4.78, 5) is 0. The predicted octanol–water partition coefficient (Wildman–Crippen LogP) is 0.675. The fraction of sp³-hybridized carbons (Fsp3) is 1.00. The molecule has 0 aromatic carbocycles. The van der Waals surface area contributed by atoms with E-state index < -0.39 is 0 Å². The van der Waals surface area contributed by atoms with E-state index in [0.29, 0.717) is 0 Å². The number of ether oxygens (including phenoxy) is 2. The molecule has 0 aromatic rings. The van der Waals surface area contributed by atoms with Gasteiger partial charge in [-0.25, -0.2) is 0 Å². The maximum Gasteiger partial charge on any atom is 0.0716 e. The lowest BCUT2D eigenvalue weighted by Gasteiger charge is -2.33. The highest BCUT2D eigenvalue weighted by atomic mass is 28.1. The van der Waals surface area contributed by atoms with E-state index in [-0.39, 0.29) is 5.22 Å². The van der Waals surface area contributed by atoms with E-state index in [4.69, 9.17) is 9.47 Å². The number of hydrogen-bond acceptors (Lipinski definition) is 2. The largest absolute Gasteiger partial charge is 0.379 e. The molecule has 0 amide bonds. The quantitative estimate of drug-likeness (QED) is 0.477. The second kappa shape index (κ2) is 4.99. The van der Waals surface area contributed by atoms with Gasteiger partial charge in [0.25, 0.3) is 0 Å². The summed E-state index contributed by atoms with van der Waals surface area (Å²) < 4.78 is 11.3. The molecule has 0 saturated carbocycles. The smallest absolute Gasteiger partial charge is 0.0716 e. The molecule has 0 aromatic heterocycles. The van der Waals surface area contributed by atoms with E-state index in [1.54, 1.807) is 0 Å². The molecule has 0 spiro atoms. The summed E-state index contributed by atoms with van der Waals surface area (Å²) in [5.41, 5.74) is 0. The van der Waals surface area contributed by atoms with Gasteiger partial charge in [0.1, 0.15) is 0 Å². The second-order valence-electron chi connectivity index (χ2n) is 3.81. The molecular formula is C9H20O2Si. The molecule has 0 aliphatic carbocycles. The van der Waals surface area contributed by atoms with Crippen molar-refractivity contribution in [2.24, 2.45) is 0 Å². The van der Waals surface area contributed by atoms with Crippen LogP contribution in [0.15, 0.2) is 0 Å². The van der Waals surface area contributed by atoms with Crippen LogP contribution >= 0.6 is 0 Å². The molecule has 0 bridgehead atoms. The molecule has 1 heterocycles. The Labute approximate surface area is 78.1 Å². The fourth-order valence-corrected chi connectivity index (χ4v) is 2.30. The second-order valence-corrected chi connectivity index (χ2v) is 5.63. The predicted molar refractivity (Wildman–Crippen MR) is 53.6 cm³/mol. The molecule has 2 nitrogen and oxygen atoms in total. The summed E-state index contributed by atoms with van der Waals surface area (Å²) in [5.74, 6) is 0. The highest BCUT2D eigenvalue weighted by Gasteiger charge is 2.27. The van der Waals surface area contributed by atoms with Crippen LogP contribution in [-0.4, -0.2) is 35.3 Å². The van der Waals surface area contributed by atoms with Gasteiger partial charge in [-0.05, 0) is 25.7 Å². The maximum atomic E-state index is 5.75. The topological polar surface area (TPSA) is 18.5 Å². The summed E-state index contributed by atoms with van der Waals surface area (Å²) in [6, 6.07) is 0. The van der Waals surface area contributed by atoms with Gasteiger partial charge >= 0.3 is 0 Å². The first-order chi connectivity index (χ1) is 5.77. The average molecular weight is 188 g/mol. The van der Waals surface area contributed by atoms with Gasteiger partial charge in [0.2, 0.25) is 0 Å². The lowest BCUT2D eigenvalue weighted by Crippen LogP contribution is -2.41. The molecule has 3 heteroatoms. The van der Waals surface area contributed by atoms with Crippen LogP contribution in [0.5, 0.6) is 0 Å². The van der Waals surface area contributed by atoms with Gasteiger partial charge in [-0.3, -0.25) is 0 Å². The molecule has 0 N–H and O–H groups in total. The maximum absolute atomic E-state index is 5.75. The monoisotopic (exact) mass is 188 g/mol. The molecule has 1 unspecified atom stereocenters. The van der Waals surface area contributed by atoms with E-state index >= 15 is 0 Å². The van der Waals surface area contributed by atoms with Crippen molar-refractivity contribution < 1.29 is 9.47 Å². The van der Waals surface area contributed by atoms with Crippen molar-refractivity contribution in [3.05, 3.63) is 0 Å². The van der Waals surface area contributed by atoms with Gasteiger partial charge in [0.15, 0.2) is 0 Å². The van der Waals surface area contributed by atoms with E-state index in [2.05, 4.69) is 6.92 Å². The Morgan fingerprint density at radius 2 is 2.33 bits per heavy atom. The third kappa shape index (κ3) is 3.25. The normalized spacial score (nSPS) is 30.8. The third-order valence-corrected chi connectivity index (χ3v) is 3.38. The first kappa shape index (κ1) is 10.2. The van der Waals surface area contributed by atoms with Crippen LogP contribution in [0.3, 0.4) is 0 Å². The zero-order valence-corrected chi connectivity index (χ0v) is 10.3.